The number of sulfonamides is 1. The fourth-order valence-electron chi connectivity index (χ4n) is 3.20. The van der Waals surface area contributed by atoms with Gasteiger partial charge in [0.05, 0.1) is 11.5 Å². The van der Waals surface area contributed by atoms with Crippen LogP contribution in [0.1, 0.15) is 71.6 Å². The smallest absolute Gasteiger partial charge is 0.240 e. The zero-order valence-corrected chi connectivity index (χ0v) is 17.7. The van der Waals surface area contributed by atoms with Crippen molar-refractivity contribution in [3.05, 3.63) is 29.3 Å². The average Bonchev–Trinajstić information content (AvgIpc) is 2.62. The lowest BCUT2D eigenvalue weighted by molar-refractivity contribution is 0.198. The Morgan fingerprint density at radius 1 is 0.962 bits per heavy atom. The molecule has 0 aliphatic heterocycles. The molecule has 0 saturated carbocycles. The number of hydrogen-bond donors (Lipinski definition) is 2. The van der Waals surface area contributed by atoms with Gasteiger partial charge >= 0.3 is 0 Å². The zero-order chi connectivity index (χ0) is 19.4. The van der Waals surface area contributed by atoms with Crippen LogP contribution in [-0.2, 0) is 10.0 Å². The lowest BCUT2D eigenvalue weighted by Gasteiger charge is -2.27. The van der Waals surface area contributed by atoms with Gasteiger partial charge in [-0.25, -0.2) is 13.1 Å². The Balaban J connectivity index is 2.80. The number of hydrogen-bond acceptors (Lipinski definition) is 3. The number of nitrogens with one attached hydrogen (secondary N) is 1. The van der Waals surface area contributed by atoms with Gasteiger partial charge in [-0.1, -0.05) is 70.4 Å². The molecule has 26 heavy (non-hydrogen) atoms. The molecule has 0 amide bonds. The van der Waals surface area contributed by atoms with Crippen LogP contribution in [0.4, 0.5) is 0 Å². The molecule has 0 radical (unpaired) electrons. The summed E-state index contributed by atoms with van der Waals surface area (Å²) < 4.78 is 28.0. The standard InChI is InChI=1S/C20H34ClNO3S/c1-3-5-7-9-11-17(10-8-6-4-2)20(16-23)22-26(24,25)19-14-12-18(21)13-15-19/h12-15,17,20,22-23H,3-11,16H2,1-2H3/t17-,20-/m1/s1. The van der Waals surface area contributed by atoms with E-state index >= 15 is 0 Å². The van der Waals surface area contributed by atoms with Crippen molar-refractivity contribution in [2.45, 2.75) is 82.6 Å². The number of unbranched alkanes of at least 4 members (excludes halogenated alkanes) is 5. The van der Waals surface area contributed by atoms with E-state index < -0.39 is 16.1 Å². The van der Waals surface area contributed by atoms with Gasteiger partial charge in [0, 0.05) is 11.1 Å². The van der Waals surface area contributed by atoms with Gasteiger partial charge in [-0.15, -0.1) is 0 Å². The lowest BCUT2D eigenvalue weighted by atomic mass is 9.89. The molecule has 0 saturated heterocycles. The Hall–Kier alpha value is -0.620. The third-order valence-electron chi connectivity index (χ3n) is 4.80. The van der Waals surface area contributed by atoms with E-state index in [2.05, 4.69) is 18.6 Å². The van der Waals surface area contributed by atoms with Gasteiger partial charge in [0.2, 0.25) is 10.0 Å². The molecule has 0 aliphatic carbocycles. The lowest BCUT2D eigenvalue weighted by Crippen LogP contribution is -2.43. The van der Waals surface area contributed by atoms with Gasteiger partial charge in [-0.05, 0) is 43.0 Å². The van der Waals surface area contributed by atoms with Crippen LogP contribution in [0.3, 0.4) is 0 Å². The Bertz CT molecular complexity index is 590. The summed E-state index contributed by atoms with van der Waals surface area (Å²) >= 11 is 5.84. The molecule has 1 aromatic rings. The van der Waals surface area contributed by atoms with Crippen molar-refractivity contribution in [3.63, 3.8) is 0 Å². The number of aliphatic hydroxyl groups excluding tert-OH is 1. The fourth-order valence-corrected chi connectivity index (χ4v) is 4.62. The maximum Gasteiger partial charge on any atom is 0.240 e. The molecule has 150 valence electrons. The maximum absolute atomic E-state index is 12.7. The first-order valence-corrected chi connectivity index (χ1v) is 11.7. The first kappa shape index (κ1) is 23.4. The highest BCUT2D eigenvalue weighted by molar-refractivity contribution is 7.89. The van der Waals surface area contributed by atoms with E-state index in [-0.39, 0.29) is 17.4 Å². The van der Waals surface area contributed by atoms with Gasteiger partial charge in [0.25, 0.3) is 0 Å². The highest BCUT2D eigenvalue weighted by Crippen LogP contribution is 2.23. The van der Waals surface area contributed by atoms with Crippen molar-refractivity contribution in [2.75, 3.05) is 6.61 Å². The molecule has 4 nitrogen and oxygen atoms in total. The van der Waals surface area contributed by atoms with Crippen molar-refractivity contribution in [3.8, 4) is 0 Å². The summed E-state index contributed by atoms with van der Waals surface area (Å²) in [6.45, 7) is 4.15. The molecule has 1 aromatic carbocycles. The molecule has 1 rings (SSSR count). The molecule has 0 spiro atoms. The molecular formula is C20H34ClNO3S. The minimum absolute atomic E-state index is 0.158. The van der Waals surface area contributed by atoms with Crippen LogP contribution in [-0.4, -0.2) is 26.2 Å². The van der Waals surface area contributed by atoms with Crippen LogP contribution in [0, 0.1) is 5.92 Å². The van der Waals surface area contributed by atoms with Crippen LogP contribution >= 0.6 is 11.6 Å². The van der Waals surface area contributed by atoms with Gasteiger partial charge in [0.1, 0.15) is 0 Å². The summed E-state index contributed by atoms with van der Waals surface area (Å²) in [6.07, 6.45) is 9.80. The number of halogens is 1. The average molecular weight is 404 g/mol. The molecule has 0 aromatic heterocycles. The maximum atomic E-state index is 12.7. The monoisotopic (exact) mass is 403 g/mol. The van der Waals surface area contributed by atoms with Gasteiger partial charge in [0.15, 0.2) is 0 Å². The second-order valence-electron chi connectivity index (χ2n) is 6.97. The SMILES string of the molecule is CCCCCC[C@@H](CCCCC)[C@@H](CO)NS(=O)(=O)c1ccc(Cl)cc1. The summed E-state index contributed by atoms with van der Waals surface area (Å²) in [4.78, 5) is 0.179. The Morgan fingerprint density at radius 2 is 1.50 bits per heavy atom. The van der Waals surface area contributed by atoms with Crippen LogP contribution in [0.2, 0.25) is 5.02 Å². The minimum Gasteiger partial charge on any atom is -0.395 e. The highest BCUT2D eigenvalue weighted by Gasteiger charge is 2.26. The molecule has 0 fully saturated rings. The predicted octanol–water partition coefficient (Wildman–Crippen LogP) is 5.15. The summed E-state index contributed by atoms with van der Waals surface area (Å²) in [6, 6.07) is 5.66. The van der Waals surface area contributed by atoms with Gasteiger partial charge in [-0.3, -0.25) is 0 Å². The Kier molecular flexibility index (Phi) is 11.4. The summed E-state index contributed by atoms with van der Waals surface area (Å²) in [5.74, 6) is 0.158. The van der Waals surface area contributed by atoms with E-state index in [1.807, 2.05) is 0 Å². The number of rotatable bonds is 14. The largest absolute Gasteiger partial charge is 0.395 e. The predicted molar refractivity (Wildman–Crippen MR) is 109 cm³/mol. The molecule has 2 atom stereocenters. The molecular weight excluding hydrogens is 370 g/mol. The molecule has 0 aliphatic rings. The third kappa shape index (κ3) is 8.38. The van der Waals surface area contributed by atoms with Crippen molar-refractivity contribution in [2.24, 2.45) is 5.92 Å². The zero-order valence-electron chi connectivity index (χ0n) is 16.1. The normalized spacial score (nSPS) is 14.3. The van der Waals surface area contributed by atoms with E-state index in [9.17, 15) is 13.5 Å². The third-order valence-corrected chi connectivity index (χ3v) is 6.56. The van der Waals surface area contributed by atoms with Crippen LogP contribution in [0.25, 0.3) is 0 Å². The van der Waals surface area contributed by atoms with E-state index in [0.29, 0.717) is 5.02 Å². The molecule has 6 heteroatoms. The quantitative estimate of drug-likeness (QED) is 0.422. The van der Waals surface area contributed by atoms with Crippen molar-refractivity contribution in [1.82, 2.24) is 4.72 Å². The number of aliphatic hydroxyl groups is 1. The Morgan fingerprint density at radius 3 is 2.04 bits per heavy atom. The second-order valence-corrected chi connectivity index (χ2v) is 9.12. The van der Waals surface area contributed by atoms with Crippen LogP contribution in [0.15, 0.2) is 29.2 Å². The minimum atomic E-state index is -3.67. The van der Waals surface area contributed by atoms with Crippen molar-refractivity contribution >= 4 is 21.6 Å². The van der Waals surface area contributed by atoms with E-state index in [4.69, 9.17) is 11.6 Å². The van der Waals surface area contributed by atoms with Crippen molar-refractivity contribution in [1.29, 1.82) is 0 Å². The summed E-state index contributed by atoms with van der Waals surface area (Å²) in [5.41, 5.74) is 0. The summed E-state index contributed by atoms with van der Waals surface area (Å²) in [7, 11) is -3.67. The number of benzene rings is 1. The molecule has 0 bridgehead atoms. The van der Waals surface area contributed by atoms with Crippen molar-refractivity contribution < 1.29 is 13.5 Å². The first-order chi connectivity index (χ1) is 12.4. The van der Waals surface area contributed by atoms with Gasteiger partial charge < -0.3 is 5.11 Å². The van der Waals surface area contributed by atoms with E-state index in [1.54, 1.807) is 12.1 Å². The molecule has 2 N–H and O–H groups in total. The topological polar surface area (TPSA) is 66.4 Å². The fraction of sp³-hybridized carbons (Fsp3) is 0.700. The van der Waals surface area contributed by atoms with E-state index in [0.717, 1.165) is 44.9 Å². The van der Waals surface area contributed by atoms with Crippen LogP contribution in [0.5, 0.6) is 0 Å². The molecule has 0 unspecified atom stereocenters. The first-order valence-electron chi connectivity index (χ1n) is 9.83. The van der Waals surface area contributed by atoms with Gasteiger partial charge in [-0.2, -0.15) is 0 Å². The Labute approximate surface area is 164 Å². The second kappa shape index (κ2) is 12.7. The molecule has 0 heterocycles. The van der Waals surface area contributed by atoms with E-state index in [1.165, 1.54) is 25.0 Å². The van der Waals surface area contributed by atoms with Crippen LogP contribution < -0.4 is 4.72 Å². The highest BCUT2D eigenvalue weighted by atomic mass is 35.5. The summed E-state index contributed by atoms with van der Waals surface area (Å²) in [5, 5.41) is 10.4.